The van der Waals surface area contributed by atoms with Gasteiger partial charge in [0, 0.05) is 51.7 Å². The number of pyridine rings is 1. The Labute approximate surface area is 161 Å². The lowest BCUT2D eigenvalue weighted by atomic mass is 10.1. The van der Waals surface area contributed by atoms with Gasteiger partial charge in [-0.05, 0) is 31.0 Å². The Morgan fingerprint density at radius 1 is 1.11 bits per heavy atom. The number of hydrogen-bond acceptors (Lipinski definition) is 6. The largest absolute Gasteiger partial charge is 0.378 e. The second-order valence-electron chi connectivity index (χ2n) is 7.09. The van der Waals surface area contributed by atoms with Gasteiger partial charge in [0.2, 0.25) is 10.0 Å². The summed E-state index contributed by atoms with van der Waals surface area (Å²) in [6.07, 6.45) is 6.52. The van der Waals surface area contributed by atoms with Crippen LogP contribution in [-0.4, -0.2) is 98.7 Å². The standard InChI is InChI=1S/C18H28N4O4S/c1-27(24,25)22-7-5-20(6-8-22)4-2-3-16-13-17(15-19-14-16)18(23)21-9-11-26-12-10-21/h13-15H,2-12H2,1H3. The van der Waals surface area contributed by atoms with Crippen LogP contribution < -0.4 is 0 Å². The van der Waals surface area contributed by atoms with E-state index in [2.05, 4.69) is 9.88 Å². The third-order valence-corrected chi connectivity index (χ3v) is 6.38. The van der Waals surface area contributed by atoms with Gasteiger partial charge in [-0.25, -0.2) is 8.42 Å². The summed E-state index contributed by atoms with van der Waals surface area (Å²) in [4.78, 5) is 20.9. The van der Waals surface area contributed by atoms with Crippen molar-refractivity contribution >= 4 is 15.9 Å². The predicted octanol–water partition coefficient (Wildman–Crippen LogP) is 0.0638. The fraction of sp³-hybridized carbons (Fsp3) is 0.667. The summed E-state index contributed by atoms with van der Waals surface area (Å²) in [6.45, 7) is 6.00. The maximum Gasteiger partial charge on any atom is 0.255 e. The van der Waals surface area contributed by atoms with Gasteiger partial charge in [0.25, 0.3) is 5.91 Å². The third-order valence-electron chi connectivity index (χ3n) is 5.08. The van der Waals surface area contributed by atoms with Crippen LogP contribution in [-0.2, 0) is 21.2 Å². The topological polar surface area (TPSA) is 83.1 Å². The Morgan fingerprint density at radius 3 is 2.48 bits per heavy atom. The van der Waals surface area contributed by atoms with E-state index in [1.54, 1.807) is 6.20 Å². The summed E-state index contributed by atoms with van der Waals surface area (Å²) in [6, 6.07) is 1.94. The molecule has 0 spiro atoms. The van der Waals surface area contributed by atoms with Crippen LogP contribution in [0.25, 0.3) is 0 Å². The highest BCUT2D eigenvalue weighted by atomic mass is 32.2. The van der Waals surface area contributed by atoms with E-state index in [1.807, 2.05) is 17.2 Å². The fourth-order valence-electron chi connectivity index (χ4n) is 3.48. The normalized spacial score (nSPS) is 20.0. The number of hydrogen-bond donors (Lipinski definition) is 0. The van der Waals surface area contributed by atoms with Crippen LogP contribution in [0.15, 0.2) is 18.5 Å². The van der Waals surface area contributed by atoms with Crippen LogP contribution in [0.3, 0.4) is 0 Å². The number of morpholine rings is 1. The van der Waals surface area contributed by atoms with E-state index in [1.165, 1.54) is 10.6 Å². The van der Waals surface area contributed by atoms with Gasteiger partial charge in [0.05, 0.1) is 25.0 Å². The molecule has 8 nitrogen and oxygen atoms in total. The number of amides is 1. The molecule has 0 unspecified atom stereocenters. The summed E-state index contributed by atoms with van der Waals surface area (Å²) in [5.74, 6) is 0.0181. The summed E-state index contributed by atoms with van der Waals surface area (Å²) >= 11 is 0. The quantitative estimate of drug-likeness (QED) is 0.676. The van der Waals surface area contributed by atoms with Crippen molar-refractivity contribution in [2.75, 3.05) is 65.3 Å². The van der Waals surface area contributed by atoms with Gasteiger partial charge in [-0.15, -0.1) is 0 Å². The second-order valence-corrected chi connectivity index (χ2v) is 9.08. The maximum absolute atomic E-state index is 12.6. The molecule has 0 N–H and O–H groups in total. The van der Waals surface area contributed by atoms with E-state index in [0.717, 1.165) is 38.0 Å². The van der Waals surface area contributed by atoms with Crippen LogP contribution in [0.4, 0.5) is 0 Å². The molecule has 0 radical (unpaired) electrons. The molecule has 2 saturated heterocycles. The van der Waals surface area contributed by atoms with Gasteiger partial charge in [-0.2, -0.15) is 4.31 Å². The number of nitrogens with zero attached hydrogens (tertiary/aromatic N) is 4. The van der Waals surface area contributed by atoms with E-state index < -0.39 is 10.0 Å². The number of carbonyl (C=O) groups excluding carboxylic acids is 1. The molecule has 3 heterocycles. The highest BCUT2D eigenvalue weighted by Crippen LogP contribution is 2.12. The van der Waals surface area contributed by atoms with E-state index >= 15 is 0 Å². The molecule has 2 aliphatic heterocycles. The van der Waals surface area contributed by atoms with E-state index in [0.29, 0.717) is 45.0 Å². The first kappa shape index (κ1) is 20.2. The lowest BCUT2D eigenvalue weighted by Gasteiger charge is -2.33. The minimum atomic E-state index is -3.08. The molecular weight excluding hydrogens is 368 g/mol. The maximum atomic E-state index is 12.6. The molecule has 1 amide bonds. The highest BCUT2D eigenvalue weighted by molar-refractivity contribution is 7.88. The molecule has 0 saturated carbocycles. The first-order chi connectivity index (χ1) is 12.9. The van der Waals surface area contributed by atoms with Crippen molar-refractivity contribution in [3.05, 3.63) is 29.6 Å². The zero-order valence-electron chi connectivity index (χ0n) is 15.8. The Hall–Kier alpha value is -1.55. The number of rotatable bonds is 6. The number of aryl methyl sites for hydroxylation is 1. The molecular formula is C18H28N4O4S. The molecule has 0 aliphatic carbocycles. The molecule has 2 fully saturated rings. The van der Waals surface area contributed by atoms with Crippen molar-refractivity contribution in [1.82, 2.24) is 19.1 Å². The van der Waals surface area contributed by atoms with Crippen molar-refractivity contribution < 1.29 is 17.9 Å². The molecule has 2 aliphatic rings. The van der Waals surface area contributed by atoms with Crippen molar-refractivity contribution in [2.24, 2.45) is 0 Å². The van der Waals surface area contributed by atoms with E-state index in [4.69, 9.17) is 4.74 Å². The van der Waals surface area contributed by atoms with Gasteiger partial charge in [0.1, 0.15) is 0 Å². The summed E-state index contributed by atoms with van der Waals surface area (Å²) in [5, 5.41) is 0. The lowest BCUT2D eigenvalue weighted by Crippen LogP contribution is -2.48. The molecule has 3 rings (SSSR count). The van der Waals surface area contributed by atoms with Crippen molar-refractivity contribution in [1.29, 1.82) is 0 Å². The number of piperazine rings is 1. The number of aromatic nitrogens is 1. The van der Waals surface area contributed by atoms with Gasteiger partial charge in [-0.3, -0.25) is 9.78 Å². The number of ether oxygens (including phenoxy) is 1. The zero-order chi connectivity index (χ0) is 19.3. The average molecular weight is 397 g/mol. The van der Waals surface area contributed by atoms with E-state index in [9.17, 15) is 13.2 Å². The fourth-order valence-corrected chi connectivity index (χ4v) is 4.31. The Bertz CT molecular complexity index is 741. The Morgan fingerprint density at radius 2 is 1.81 bits per heavy atom. The SMILES string of the molecule is CS(=O)(=O)N1CCN(CCCc2cncc(C(=O)N3CCOCC3)c2)CC1. The van der Waals surface area contributed by atoms with Crippen LogP contribution in [0, 0.1) is 0 Å². The molecule has 1 aromatic heterocycles. The van der Waals surface area contributed by atoms with Crippen molar-refractivity contribution in [2.45, 2.75) is 12.8 Å². The first-order valence-electron chi connectivity index (χ1n) is 9.42. The molecule has 150 valence electrons. The summed E-state index contributed by atoms with van der Waals surface area (Å²) < 4.78 is 29.9. The molecule has 0 aromatic carbocycles. The summed E-state index contributed by atoms with van der Waals surface area (Å²) in [7, 11) is -3.08. The predicted molar refractivity (Wildman–Crippen MR) is 102 cm³/mol. The molecule has 1 aromatic rings. The van der Waals surface area contributed by atoms with Gasteiger partial charge < -0.3 is 14.5 Å². The third kappa shape index (κ3) is 5.71. The minimum Gasteiger partial charge on any atom is -0.378 e. The molecule has 27 heavy (non-hydrogen) atoms. The number of carbonyl (C=O) groups is 1. The Kier molecular flexibility index (Phi) is 6.80. The molecule has 0 atom stereocenters. The van der Waals surface area contributed by atoms with Crippen LogP contribution >= 0.6 is 0 Å². The van der Waals surface area contributed by atoms with Gasteiger partial charge in [-0.1, -0.05) is 0 Å². The first-order valence-corrected chi connectivity index (χ1v) is 11.3. The highest BCUT2D eigenvalue weighted by Gasteiger charge is 2.23. The lowest BCUT2D eigenvalue weighted by molar-refractivity contribution is 0.0302. The number of sulfonamides is 1. The summed E-state index contributed by atoms with van der Waals surface area (Å²) in [5.41, 5.74) is 1.69. The monoisotopic (exact) mass is 396 g/mol. The second kappa shape index (κ2) is 9.09. The average Bonchev–Trinajstić information content (AvgIpc) is 2.68. The smallest absolute Gasteiger partial charge is 0.255 e. The van der Waals surface area contributed by atoms with Crippen LogP contribution in [0.2, 0.25) is 0 Å². The molecule has 9 heteroatoms. The van der Waals surface area contributed by atoms with Crippen LogP contribution in [0.1, 0.15) is 22.3 Å². The minimum absolute atomic E-state index is 0.0181. The molecule has 0 bridgehead atoms. The van der Waals surface area contributed by atoms with Crippen molar-refractivity contribution in [3.63, 3.8) is 0 Å². The van der Waals surface area contributed by atoms with Crippen LogP contribution in [0.5, 0.6) is 0 Å². The van der Waals surface area contributed by atoms with Crippen molar-refractivity contribution in [3.8, 4) is 0 Å². The van der Waals surface area contributed by atoms with E-state index in [-0.39, 0.29) is 5.91 Å². The zero-order valence-corrected chi connectivity index (χ0v) is 16.7. The Balaban J connectivity index is 1.46. The van der Waals surface area contributed by atoms with Gasteiger partial charge in [0.15, 0.2) is 0 Å². The van der Waals surface area contributed by atoms with Gasteiger partial charge >= 0.3 is 0 Å².